The zero-order valence-corrected chi connectivity index (χ0v) is 12.3. The van der Waals surface area contributed by atoms with E-state index in [1.54, 1.807) is 4.90 Å². The van der Waals surface area contributed by atoms with Gasteiger partial charge in [-0.1, -0.05) is 24.3 Å². The van der Waals surface area contributed by atoms with E-state index in [0.717, 1.165) is 24.0 Å². The highest BCUT2D eigenvalue weighted by Gasteiger charge is 2.24. The van der Waals surface area contributed by atoms with Gasteiger partial charge in [-0.2, -0.15) is 0 Å². The predicted octanol–water partition coefficient (Wildman–Crippen LogP) is 2.39. The van der Waals surface area contributed by atoms with Crippen molar-refractivity contribution in [1.82, 2.24) is 10.2 Å². The number of nitrogens with zero attached hydrogens (tertiary/aromatic N) is 1. The number of carbonyl (C=O) groups excluding carboxylic acids is 1. The molecule has 0 bridgehead atoms. The molecule has 1 fully saturated rings. The Balaban J connectivity index is 1.77. The van der Waals surface area contributed by atoms with Gasteiger partial charge in [0.1, 0.15) is 0 Å². The molecule has 5 nitrogen and oxygen atoms in total. The second kappa shape index (κ2) is 7.11. The number of urea groups is 1. The number of benzene rings is 1. The van der Waals surface area contributed by atoms with Crippen molar-refractivity contribution in [3.8, 4) is 0 Å². The van der Waals surface area contributed by atoms with Gasteiger partial charge in [-0.25, -0.2) is 4.79 Å². The largest absolute Gasteiger partial charge is 0.481 e. The van der Waals surface area contributed by atoms with Gasteiger partial charge in [-0.3, -0.25) is 4.79 Å². The Hall–Kier alpha value is -2.04. The van der Waals surface area contributed by atoms with E-state index in [1.165, 1.54) is 0 Å². The van der Waals surface area contributed by atoms with Crippen LogP contribution in [-0.4, -0.2) is 35.1 Å². The van der Waals surface area contributed by atoms with Crippen molar-refractivity contribution >= 4 is 12.0 Å². The lowest BCUT2D eigenvalue weighted by Gasteiger charge is -2.31. The minimum Gasteiger partial charge on any atom is -0.481 e. The van der Waals surface area contributed by atoms with Gasteiger partial charge >= 0.3 is 12.0 Å². The SMILES string of the molecule is Cc1ccccc1CNC(=O)N1CCC(CC(=O)O)CC1. The first kappa shape index (κ1) is 15.4. The smallest absolute Gasteiger partial charge is 0.317 e. The molecule has 1 saturated heterocycles. The van der Waals surface area contributed by atoms with Crippen LogP contribution in [0.5, 0.6) is 0 Å². The number of aryl methyl sites for hydroxylation is 1. The van der Waals surface area contributed by atoms with Crippen molar-refractivity contribution in [3.63, 3.8) is 0 Å². The first-order valence-corrected chi connectivity index (χ1v) is 7.35. The number of carboxylic acid groups (broad SMARTS) is 1. The van der Waals surface area contributed by atoms with E-state index in [4.69, 9.17) is 5.11 Å². The summed E-state index contributed by atoms with van der Waals surface area (Å²) in [6, 6.07) is 7.92. The predicted molar refractivity (Wildman–Crippen MR) is 80.0 cm³/mol. The topological polar surface area (TPSA) is 69.6 Å². The number of likely N-dealkylation sites (tertiary alicyclic amines) is 1. The van der Waals surface area contributed by atoms with Crippen LogP contribution in [0, 0.1) is 12.8 Å². The first-order chi connectivity index (χ1) is 10.1. The molecule has 2 rings (SSSR count). The van der Waals surface area contributed by atoms with Gasteiger partial charge in [0.2, 0.25) is 0 Å². The fraction of sp³-hybridized carbons (Fsp3) is 0.500. The summed E-state index contributed by atoms with van der Waals surface area (Å²) in [4.78, 5) is 24.6. The molecule has 21 heavy (non-hydrogen) atoms. The Labute approximate surface area is 125 Å². The van der Waals surface area contributed by atoms with Crippen molar-refractivity contribution in [2.75, 3.05) is 13.1 Å². The van der Waals surface area contributed by atoms with Crippen LogP contribution in [-0.2, 0) is 11.3 Å². The summed E-state index contributed by atoms with van der Waals surface area (Å²) in [5.74, 6) is -0.555. The number of amides is 2. The lowest BCUT2D eigenvalue weighted by Crippen LogP contribution is -2.44. The lowest BCUT2D eigenvalue weighted by atomic mass is 9.94. The molecule has 1 aliphatic rings. The highest BCUT2D eigenvalue weighted by Crippen LogP contribution is 2.20. The first-order valence-electron chi connectivity index (χ1n) is 7.35. The Morgan fingerprint density at radius 3 is 2.57 bits per heavy atom. The molecule has 1 aromatic carbocycles. The summed E-state index contributed by atoms with van der Waals surface area (Å²) in [6.45, 7) is 3.83. The van der Waals surface area contributed by atoms with Gasteiger partial charge in [0, 0.05) is 26.1 Å². The summed E-state index contributed by atoms with van der Waals surface area (Å²) < 4.78 is 0. The molecular formula is C16H22N2O3. The maximum atomic E-state index is 12.1. The Morgan fingerprint density at radius 2 is 1.95 bits per heavy atom. The molecule has 1 aromatic rings. The molecule has 114 valence electrons. The molecule has 2 amide bonds. The molecule has 0 saturated carbocycles. The summed E-state index contributed by atoms with van der Waals surface area (Å²) in [7, 11) is 0. The molecule has 0 atom stereocenters. The Morgan fingerprint density at radius 1 is 1.29 bits per heavy atom. The van der Waals surface area contributed by atoms with Crippen LogP contribution >= 0.6 is 0 Å². The number of hydrogen-bond donors (Lipinski definition) is 2. The number of piperidine rings is 1. The molecule has 2 N–H and O–H groups in total. The van der Waals surface area contributed by atoms with Crippen LogP contribution < -0.4 is 5.32 Å². The molecule has 0 unspecified atom stereocenters. The van der Waals surface area contributed by atoms with Crippen LogP contribution in [0.1, 0.15) is 30.4 Å². The number of hydrogen-bond acceptors (Lipinski definition) is 2. The quantitative estimate of drug-likeness (QED) is 0.894. The second-order valence-electron chi connectivity index (χ2n) is 5.61. The van der Waals surface area contributed by atoms with Crippen molar-refractivity contribution in [2.45, 2.75) is 32.7 Å². The fourth-order valence-electron chi connectivity index (χ4n) is 2.68. The van der Waals surface area contributed by atoms with E-state index in [9.17, 15) is 9.59 Å². The average molecular weight is 290 g/mol. The standard InChI is InChI=1S/C16H22N2O3/c1-12-4-2-3-5-14(12)11-17-16(21)18-8-6-13(7-9-18)10-15(19)20/h2-5,13H,6-11H2,1H3,(H,17,21)(H,19,20). The van der Waals surface area contributed by atoms with E-state index in [1.807, 2.05) is 31.2 Å². The summed E-state index contributed by atoms with van der Waals surface area (Å²) in [6.07, 6.45) is 1.74. The van der Waals surface area contributed by atoms with Crippen LogP contribution in [0.25, 0.3) is 0 Å². The molecule has 0 aliphatic carbocycles. The summed E-state index contributed by atoms with van der Waals surface area (Å²) in [5, 5.41) is 11.7. The normalized spacial score (nSPS) is 15.8. The van der Waals surface area contributed by atoms with Gasteiger partial charge in [0.15, 0.2) is 0 Å². The van der Waals surface area contributed by atoms with Crippen LogP contribution in [0.15, 0.2) is 24.3 Å². The fourth-order valence-corrected chi connectivity index (χ4v) is 2.68. The Bertz CT molecular complexity index is 508. The highest BCUT2D eigenvalue weighted by atomic mass is 16.4. The summed E-state index contributed by atoms with van der Waals surface area (Å²) >= 11 is 0. The van der Waals surface area contributed by atoms with Crippen molar-refractivity contribution in [1.29, 1.82) is 0 Å². The maximum absolute atomic E-state index is 12.1. The maximum Gasteiger partial charge on any atom is 0.317 e. The number of carbonyl (C=O) groups is 2. The number of aliphatic carboxylic acids is 1. The summed E-state index contributed by atoms with van der Waals surface area (Å²) in [5.41, 5.74) is 2.28. The lowest BCUT2D eigenvalue weighted by molar-refractivity contribution is -0.138. The van der Waals surface area contributed by atoms with Crippen molar-refractivity contribution in [2.24, 2.45) is 5.92 Å². The number of nitrogens with one attached hydrogen (secondary N) is 1. The van der Waals surface area contributed by atoms with Crippen molar-refractivity contribution in [3.05, 3.63) is 35.4 Å². The molecule has 1 aliphatic heterocycles. The monoisotopic (exact) mass is 290 g/mol. The van der Waals surface area contributed by atoms with E-state index >= 15 is 0 Å². The zero-order valence-electron chi connectivity index (χ0n) is 12.3. The number of rotatable bonds is 4. The van der Waals surface area contributed by atoms with Gasteiger partial charge in [-0.15, -0.1) is 0 Å². The highest BCUT2D eigenvalue weighted by molar-refractivity contribution is 5.74. The third kappa shape index (κ3) is 4.48. The van der Waals surface area contributed by atoms with Gasteiger partial charge in [0.05, 0.1) is 0 Å². The second-order valence-corrected chi connectivity index (χ2v) is 5.61. The van der Waals surface area contributed by atoms with E-state index in [0.29, 0.717) is 19.6 Å². The average Bonchev–Trinajstić information content (AvgIpc) is 2.46. The van der Waals surface area contributed by atoms with Gasteiger partial charge in [0.25, 0.3) is 0 Å². The van der Waals surface area contributed by atoms with Crippen LogP contribution in [0.2, 0.25) is 0 Å². The minimum atomic E-state index is -0.752. The number of carboxylic acids is 1. The molecule has 0 spiro atoms. The van der Waals surface area contributed by atoms with Crippen molar-refractivity contribution < 1.29 is 14.7 Å². The van der Waals surface area contributed by atoms with Crippen LogP contribution in [0.4, 0.5) is 4.79 Å². The van der Waals surface area contributed by atoms with E-state index < -0.39 is 5.97 Å². The minimum absolute atomic E-state index is 0.0629. The molecule has 5 heteroatoms. The van der Waals surface area contributed by atoms with Crippen LogP contribution in [0.3, 0.4) is 0 Å². The molecule has 1 heterocycles. The van der Waals surface area contributed by atoms with E-state index in [-0.39, 0.29) is 18.4 Å². The van der Waals surface area contributed by atoms with E-state index in [2.05, 4.69) is 5.32 Å². The third-order valence-electron chi connectivity index (χ3n) is 4.06. The molecule has 0 radical (unpaired) electrons. The Kier molecular flexibility index (Phi) is 5.20. The zero-order chi connectivity index (χ0) is 15.2. The molecular weight excluding hydrogens is 268 g/mol. The molecule has 0 aromatic heterocycles. The third-order valence-corrected chi connectivity index (χ3v) is 4.06. The van der Waals surface area contributed by atoms with Gasteiger partial charge in [-0.05, 0) is 36.8 Å². The van der Waals surface area contributed by atoms with Gasteiger partial charge < -0.3 is 15.3 Å².